The molecule has 4 heteroatoms. The van der Waals surface area contributed by atoms with Crippen LogP contribution in [0.5, 0.6) is 0 Å². The molecule has 24 heavy (non-hydrogen) atoms. The molecule has 2 rings (SSSR count). The molecule has 0 saturated heterocycles. The molecule has 2 saturated carbocycles. The van der Waals surface area contributed by atoms with Crippen molar-refractivity contribution < 1.29 is 15.0 Å². The smallest absolute Gasteiger partial charge is 0.249 e. The quantitative estimate of drug-likeness (QED) is 0.701. The third-order valence-corrected chi connectivity index (χ3v) is 5.86. The lowest BCUT2D eigenvalue weighted by atomic mass is 9.84. The summed E-state index contributed by atoms with van der Waals surface area (Å²) in [7, 11) is 0. The van der Waals surface area contributed by atoms with Crippen molar-refractivity contribution in [3.63, 3.8) is 0 Å². The van der Waals surface area contributed by atoms with Gasteiger partial charge in [-0.2, -0.15) is 0 Å². The van der Waals surface area contributed by atoms with E-state index < -0.39 is 12.2 Å². The molecular formula is C20H35NO3. The fourth-order valence-corrected chi connectivity index (χ4v) is 4.30. The van der Waals surface area contributed by atoms with Crippen molar-refractivity contribution in [1.82, 2.24) is 4.90 Å². The number of aliphatic hydroxyl groups excluding tert-OH is 2. The summed E-state index contributed by atoms with van der Waals surface area (Å²) in [6.07, 6.45) is 10.4. The molecule has 2 fully saturated rings. The van der Waals surface area contributed by atoms with Gasteiger partial charge in [0.15, 0.2) is 0 Å². The molecule has 4 nitrogen and oxygen atoms in total. The second kappa shape index (κ2) is 9.57. The maximum absolute atomic E-state index is 12.5. The Balaban J connectivity index is 1.95. The van der Waals surface area contributed by atoms with Crippen LogP contribution in [0.1, 0.15) is 71.1 Å². The molecule has 2 unspecified atom stereocenters. The average molecular weight is 338 g/mol. The van der Waals surface area contributed by atoms with Crippen molar-refractivity contribution >= 4 is 5.91 Å². The summed E-state index contributed by atoms with van der Waals surface area (Å²) >= 11 is 0. The fraction of sp³-hybridized carbons (Fsp3) is 0.850. The number of amides is 1. The van der Waals surface area contributed by atoms with Crippen LogP contribution < -0.4 is 0 Å². The second-order valence-corrected chi connectivity index (χ2v) is 7.92. The van der Waals surface area contributed by atoms with E-state index in [0.717, 1.165) is 25.7 Å². The van der Waals surface area contributed by atoms with Gasteiger partial charge in [0.05, 0.1) is 12.2 Å². The molecule has 0 spiro atoms. The van der Waals surface area contributed by atoms with Gasteiger partial charge in [-0.05, 0) is 44.4 Å². The van der Waals surface area contributed by atoms with E-state index in [9.17, 15) is 15.0 Å². The van der Waals surface area contributed by atoms with Gasteiger partial charge in [-0.1, -0.05) is 45.1 Å². The van der Waals surface area contributed by atoms with Crippen molar-refractivity contribution in [3.05, 3.63) is 12.2 Å². The van der Waals surface area contributed by atoms with E-state index in [1.807, 2.05) is 0 Å². The van der Waals surface area contributed by atoms with E-state index in [1.165, 1.54) is 38.5 Å². The van der Waals surface area contributed by atoms with Crippen LogP contribution in [0.4, 0.5) is 0 Å². The monoisotopic (exact) mass is 337 g/mol. The zero-order valence-electron chi connectivity index (χ0n) is 15.3. The number of carbonyl (C=O) groups excluding carboxylic acids is 1. The van der Waals surface area contributed by atoms with Gasteiger partial charge in [0.2, 0.25) is 5.91 Å². The maximum atomic E-state index is 12.5. The van der Waals surface area contributed by atoms with Crippen molar-refractivity contribution in [1.29, 1.82) is 0 Å². The molecule has 2 aliphatic carbocycles. The van der Waals surface area contributed by atoms with Crippen LogP contribution in [0, 0.1) is 11.8 Å². The second-order valence-electron chi connectivity index (χ2n) is 7.92. The van der Waals surface area contributed by atoms with Gasteiger partial charge in [0.25, 0.3) is 0 Å². The van der Waals surface area contributed by atoms with Crippen molar-refractivity contribution in [2.24, 2.45) is 11.8 Å². The lowest BCUT2D eigenvalue weighted by Gasteiger charge is -2.35. The summed E-state index contributed by atoms with van der Waals surface area (Å²) in [4.78, 5) is 14.1. The molecule has 138 valence electrons. The van der Waals surface area contributed by atoms with E-state index in [1.54, 1.807) is 11.8 Å². The van der Waals surface area contributed by atoms with Crippen LogP contribution in [-0.2, 0) is 4.79 Å². The summed E-state index contributed by atoms with van der Waals surface area (Å²) in [5.74, 6) is 0.428. The summed E-state index contributed by atoms with van der Waals surface area (Å²) in [6.45, 7) is 6.10. The summed E-state index contributed by atoms with van der Waals surface area (Å²) in [6, 6.07) is 0. The Hall–Kier alpha value is -0.870. The average Bonchev–Trinajstić information content (AvgIpc) is 2.61. The molecule has 2 atom stereocenters. The molecular weight excluding hydrogens is 302 g/mol. The number of hydrogen-bond acceptors (Lipinski definition) is 3. The topological polar surface area (TPSA) is 60.8 Å². The van der Waals surface area contributed by atoms with Gasteiger partial charge in [-0.3, -0.25) is 4.79 Å². The van der Waals surface area contributed by atoms with Crippen molar-refractivity contribution in [3.8, 4) is 0 Å². The Morgan fingerprint density at radius 2 is 1.29 bits per heavy atom. The minimum atomic E-state index is -0.493. The highest BCUT2D eigenvalue weighted by Gasteiger charge is 2.29. The van der Waals surface area contributed by atoms with E-state index in [0.29, 0.717) is 18.7 Å². The Kier molecular flexibility index (Phi) is 7.76. The predicted molar refractivity (Wildman–Crippen MR) is 96.6 cm³/mol. The first-order chi connectivity index (χ1) is 11.5. The largest absolute Gasteiger partial charge is 0.391 e. The van der Waals surface area contributed by atoms with Crippen LogP contribution in [0.25, 0.3) is 0 Å². The number of hydrogen-bond donors (Lipinski definition) is 2. The molecule has 0 heterocycles. The lowest BCUT2D eigenvalue weighted by molar-refractivity contribution is -0.131. The third kappa shape index (κ3) is 5.59. The molecule has 0 aromatic rings. The van der Waals surface area contributed by atoms with Gasteiger partial charge in [0.1, 0.15) is 0 Å². The van der Waals surface area contributed by atoms with Crippen LogP contribution in [-0.4, -0.2) is 46.3 Å². The van der Waals surface area contributed by atoms with Gasteiger partial charge in [0, 0.05) is 18.7 Å². The van der Waals surface area contributed by atoms with E-state index in [-0.39, 0.29) is 17.7 Å². The maximum Gasteiger partial charge on any atom is 0.249 e. The van der Waals surface area contributed by atoms with Crippen LogP contribution in [0.2, 0.25) is 0 Å². The highest BCUT2D eigenvalue weighted by molar-refractivity contribution is 5.92. The molecule has 0 aromatic heterocycles. The summed E-state index contributed by atoms with van der Waals surface area (Å²) in [5, 5.41) is 21.2. The molecule has 0 radical (unpaired) electrons. The van der Waals surface area contributed by atoms with Crippen LogP contribution >= 0.6 is 0 Å². The Morgan fingerprint density at radius 3 is 1.62 bits per heavy atom. The highest BCUT2D eigenvalue weighted by Crippen LogP contribution is 2.29. The zero-order valence-corrected chi connectivity index (χ0v) is 15.3. The van der Waals surface area contributed by atoms with E-state index in [2.05, 4.69) is 6.58 Å². The number of rotatable bonds is 7. The van der Waals surface area contributed by atoms with Crippen LogP contribution in [0.3, 0.4) is 0 Å². The molecule has 2 aliphatic rings. The molecule has 0 aromatic carbocycles. The van der Waals surface area contributed by atoms with Crippen LogP contribution in [0.15, 0.2) is 12.2 Å². The minimum absolute atomic E-state index is 0.139. The summed E-state index contributed by atoms with van der Waals surface area (Å²) < 4.78 is 0. The number of carbonyl (C=O) groups is 1. The third-order valence-electron chi connectivity index (χ3n) is 5.86. The molecule has 0 bridgehead atoms. The van der Waals surface area contributed by atoms with E-state index in [4.69, 9.17) is 0 Å². The van der Waals surface area contributed by atoms with E-state index >= 15 is 0 Å². The normalized spacial score (nSPS) is 22.8. The highest BCUT2D eigenvalue weighted by atomic mass is 16.3. The van der Waals surface area contributed by atoms with Gasteiger partial charge in [-0.25, -0.2) is 0 Å². The van der Waals surface area contributed by atoms with Crippen molar-refractivity contribution in [2.75, 3.05) is 13.1 Å². The first kappa shape index (κ1) is 19.5. The SMILES string of the molecule is C=C(C)C(=O)N(CC(O)C1CCCCC1)CC(O)C1CCCCC1. The summed E-state index contributed by atoms with van der Waals surface area (Å²) in [5.41, 5.74) is 0.474. The first-order valence-corrected chi connectivity index (χ1v) is 9.80. The number of nitrogens with zero attached hydrogens (tertiary/aromatic N) is 1. The molecule has 1 amide bonds. The first-order valence-electron chi connectivity index (χ1n) is 9.80. The molecule has 2 N–H and O–H groups in total. The predicted octanol–water partition coefficient (Wildman–Crippen LogP) is 3.27. The Labute approximate surface area is 146 Å². The lowest BCUT2D eigenvalue weighted by Crippen LogP contribution is -2.46. The van der Waals surface area contributed by atoms with Gasteiger partial charge < -0.3 is 15.1 Å². The van der Waals surface area contributed by atoms with Gasteiger partial charge in [-0.15, -0.1) is 0 Å². The minimum Gasteiger partial charge on any atom is -0.391 e. The fourth-order valence-electron chi connectivity index (χ4n) is 4.30. The molecule has 0 aliphatic heterocycles. The Bertz CT molecular complexity index is 385. The van der Waals surface area contributed by atoms with Gasteiger partial charge >= 0.3 is 0 Å². The zero-order chi connectivity index (χ0) is 17.5. The Morgan fingerprint density at radius 1 is 0.917 bits per heavy atom. The number of aliphatic hydroxyl groups is 2. The standard InChI is InChI=1S/C20H35NO3/c1-15(2)20(24)21(13-18(22)16-9-5-3-6-10-16)14-19(23)17-11-7-4-8-12-17/h16-19,22-23H,1,3-14H2,2H3. The van der Waals surface area contributed by atoms with Crippen molar-refractivity contribution in [2.45, 2.75) is 83.3 Å².